The molecule has 0 bridgehead atoms. The van der Waals surface area contributed by atoms with Crippen LogP contribution in [-0.2, 0) is 4.79 Å². The molecule has 4 N–H and O–H groups in total. The van der Waals surface area contributed by atoms with Gasteiger partial charge in [-0.1, -0.05) is 24.3 Å². The third-order valence-corrected chi connectivity index (χ3v) is 3.79. The van der Waals surface area contributed by atoms with Gasteiger partial charge in [0.1, 0.15) is 12.4 Å². The second-order valence-electron chi connectivity index (χ2n) is 5.53. The SMILES string of the molecule is NCCOc1cccc(C(=O)N[C@H]2CC(=O)Nc3ccccc32)c1. The zero-order valence-corrected chi connectivity index (χ0v) is 13.1. The maximum absolute atomic E-state index is 12.5. The number of hydrogen-bond acceptors (Lipinski definition) is 4. The highest BCUT2D eigenvalue weighted by Crippen LogP contribution is 2.30. The number of ether oxygens (including phenoxy) is 1. The van der Waals surface area contributed by atoms with Crippen LogP contribution in [0.25, 0.3) is 0 Å². The molecule has 0 radical (unpaired) electrons. The highest BCUT2D eigenvalue weighted by molar-refractivity contribution is 5.98. The molecule has 2 amide bonds. The minimum Gasteiger partial charge on any atom is -0.492 e. The van der Waals surface area contributed by atoms with E-state index in [-0.39, 0.29) is 24.3 Å². The van der Waals surface area contributed by atoms with Crippen LogP contribution in [0.15, 0.2) is 48.5 Å². The van der Waals surface area contributed by atoms with Crippen LogP contribution in [0.3, 0.4) is 0 Å². The fourth-order valence-electron chi connectivity index (χ4n) is 2.69. The highest BCUT2D eigenvalue weighted by Gasteiger charge is 2.26. The molecule has 0 saturated heterocycles. The first-order chi connectivity index (χ1) is 11.7. The summed E-state index contributed by atoms with van der Waals surface area (Å²) in [6, 6.07) is 14.0. The van der Waals surface area contributed by atoms with Gasteiger partial charge in [0, 0.05) is 17.8 Å². The Bertz CT molecular complexity index is 761. The zero-order valence-electron chi connectivity index (χ0n) is 13.1. The second-order valence-corrected chi connectivity index (χ2v) is 5.53. The van der Waals surface area contributed by atoms with Crippen molar-refractivity contribution in [3.05, 3.63) is 59.7 Å². The molecule has 0 aromatic heterocycles. The monoisotopic (exact) mass is 325 g/mol. The van der Waals surface area contributed by atoms with Gasteiger partial charge in [0.25, 0.3) is 5.91 Å². The van der Waals surface area contributed by atoms with Crippen LogP contribution in [0.4, 0.5) is 5.69 Å². The molecule has 1 aliphatic heterocycles. The molecule has 2 aromatic carbocycles. The van der Waals surface area contributed by atoms with E-state index in [0.717, 1.165) is 11.3 Å². The van der Waals surface area contributed by atoms with Gasteiger partial charge in [-0.15, -0.1) is 0 Å². The minimum atomic E-state index is -0.351. The molecule has 2 aromatic rings. The third kappa shape index (κ3) is 3.55. The van der Waals surface area contributed by atoms with E-state index in [1.807, 2.05) is 24.3 Å². The number of fused-ring (bicyclic) bond motifs is 1. The molecule has 0 unspecified atom stereocenters. The molecule has 3 rings (SSSR count). The Balaban J connectivity index is 1.76. The fourth-order valence-corrected chi connectivity index (χ4v) is 2.69. The highest BCUT2D eigenvalue weighted by atomic mass is 16.5. The topological polar surface area (TPSA) is 93.4 Å². The molecular weight excluding hydrogens is 306 g/mol. The third-order valence-electron chi connectivity index (χ3n) is 3.79. The van der Waals surface area contributed by atoms with Gasteiger partial charge in [-0.05, 0) is 29.8 Å². The zero-order chi connectivity index (χ0) is 16.9. The van der Waals surface area contributed by atoms with Gasteiger partial charge in [-0.3, -0.25) is 9.59 Å². The Morgan fingerprint density at radius 3 is 2.92 bits per heavy atom. The van der Waals surface area contributed by atoms with Crippen molar-refractivity contribution in [2.75, 3.05) is 18.5 Å². The number of nitrogens with two attached hydrogens (primary N) is 1. The van der Waals surface area contributed by atoms with Gasteiger partial charge in [0.2, 0.25) is 5.91 Å². The largest absolute Gasteiger partial charge is 0.492 e. The van der Waals surface area contributed by atoms with Crippen molar-refractivity contribution >= 4 is 17.5 Å². The molecule has 6 heteroatoms. The minimum absolute atomic E-state index is 0.112. The summed E-state index contributed by atoms with van der Waals surface area (Å²) >= 11 is 0. The van der Waals surface area contributed by atoms with Crippen molar-refractivity contribution in [3.8, 4) is 5.75 Å². The van der Waals surface area contributed by atoms with Gasteiger partial charge < -0.3 is 21.1 Å². The van der Waals surface area contributed by atoms with Crippen LogP contribution < -0.4 is 21.1 Å². The summed E-state index contributed by atoms with van der Waals surface area (Å²) in [7, 11) is 0. The van der Waals surface area contributed by atoms with E-state index in [4.69, 9.17) is 10.5 Å². The average molecular weight is 325 g/mol. The van der Waals surface area contributed by atoms with Gasteiger partial charge >= 0.3 is 0 Å². The van der Waals surface area contributed by atoms with Crippen LogP contribution in [-0.4, -0.2) is 25.0 Å². The summed E-state index contributed by atoms with van der Waals surface area (Å²) in [6.45, 7) is 0.797. The molecule has 0 saturated carbocycles. The van der Waals surface area contributed by atoms with Crippen LogP contribution in [0, 0.1) is 0 Å². The molecule has 0 aliphatic carbocycles. The molecule has 124 valence electrons. The van der Waals surface area contributed by atoms with Gasteiger partial charge in [-0.2, -0.15) is 0 Å². The van der Waals surface area contributed by atoms with Crippen molar-refractivity contribution in [1.29, 1.82) is 0 Å². The summed E-state index contributed by atoms with van der Waals surface area (Å²) in [6.07, 6.45) is 0.214. The summed E-state index contributed by atoms with van der Waals surface area (Å²) in [4.78, 5) is 24.4. The first kappa shape index (κ1) is 16.0. The fraction of sp³-hybridized carbons (Fsp3) is 0.222. The van der Waals surface area contributed by atoms with Gasteiger partial charge in [0.05, 0.1) is 12.5 Å². The number of carbonyl (C=O) groups is 2. The number of anilines is 1. The first-order valence-corrected chi connectivity index (χ1v) is 7.80. The quantitative estimate of drug-likeness (QED) is 0.782. The van der Waals surface area contributed by atoms with Crippen LogP contribution in [0.5, 0.6) is 5.75 Å². The first-order valence-electron chi connectivity index (χ1n) is 7.80. The van der Waals surface area contributed by atoms with E-state index >= 15 is 0 Å². The van der Waals surface area contributed by atoms with Crippen LogP contribution in [0.2, 0.25) is 0 Å². The number of rotatable bonds is 5. The lowest BCUT2D eigenvalue weighted by atomic mass is 9.97. The van der Waals surface area contributed by atoms with Crippen LogP contribution >= 0.6 is 0 Å². The Kier molecular flexibility index (Phi) is 4.77. The van der Waals surface area contributed by atoms with E-state index in [1.165, 1.54) is 0 Å². The number of amides is 2. The summed E-state index contributed by atoms with van der Waals surface area (Å²) in [5.74, 6) is 0.233. The van der Waals surface area contributed by atoms with Crippen molar-refractivity contribution in [3.63, 3.8) is 0 Å². The summed E-state index contributed by atoms with van der Waals surface area (Å²) in [5.41, 5.74) is 7.53. The van der Waals surface area contributed by atoms with E-state index < -0.39 is 0 Å². The molecule has 0 spiro atoms. The van der Waals surface area contributed by atoms with Crippen molar-refractivity contribution in [2.24, 2.45) is 5.73 Å². The van der Waals surface area contributed by atoms with Crippen molar-refractivity contribution in [2.45, 2.75) is 12.5 Å². The van der Waals surface area contributed by atoms with Crippen molar-refractivity contribution < 1.29 is 14.3 Å². The van der Waals surface area contributed by atoms with E-state index in [9.17, 15) is 9.59 Å². The van der Waals surface area contributed by atoms with Gasteiger partial charge in [0.15, 0.2) is 0 Å². The predicted molar refractivity (Wildman–Crippen MR) is 90.9 cm³/mol. The number of para-hydroxylation sites is 1. The molecule has 0 fully saturated rings. The lowest BCUT2D eigenvalue weighted by Crippen LogP contribution is -2.35. The maximum Gasteiger partial charge on any atom is 0.251 e. The molecule has 1 heterocycles. The van der Waals surface area contributed by atoms with Crippen molar-refractivity contribution in [1.82, 2.24) is 5.32 Å². The number of nitrogens with one attached hydrogen (secondary N) is 2. The molecule has 24 heavy (non-hydrogen) atoms. The Labute approximate surface area is 140 Å². The smallest absolute Gasteiger partial charge is 0.251 e. The summed E-state index contributed by atoms with van der Waals surface area (Å²) in [5, 5.41) is 5.74. The number of benzene rings is 2. The van der Waals surface area contributed by atoms with Gasteiger partial charge in [-0.25, -0.2) is 0 Å². The van der Waals surface area contributed by atoms with E-state index in [1.54, 1.807) is 24.3 Å². The Morgan fingerprint density at radius 1 is 1.25 bits per heavy atom. The molecule has 1 aliphatic rings. The predicted octanol–water partition coefficient (Wildman–Crippen LogP) is 1.84. The van der Waals surface area contributed by atoms with E-state index in [2.05, 4.69) is 10.6 Å². The lowest BCUT2D eigenvalue weighted by molar-refractivity contribution is -0.116. The molecular formula is C18H19N3O3. The Morgan fingerprint density at radius 2 is 2.08 bits per heavy atom. The average Bonchev–Trinajstić information content (AvgIpc) is 2.60. The number of carbonyl (C=O) groups excluding carboxylic acids is 2. The summed E-state index contributed by atoms with van der Waals surface area (Å²) < 4.78 is 5.44. The standard InChI is InChI=1S/C18H19N3O3/c19-8-9-24-13-5-3-4-12(10-13)18(23)21-16-11-17(22)20-15-7-2-1-6-14(15)16/h1-7,10,16H,8-9,11,19H2,(H,20,22)(H,21,23)/t16-/m0/s1. The normalized spacial score (nSPS) is 16.0. The lowest BCUT2D eigenvalue weighted by Gasteiger charge is -2.26. The van der Waals surface area contributed by atoms with E-state index in [0.29, 0.717) is 24.5 Å². The molecule has 1 atom stereocenters. The molecule has 6 nitrogen and oxygen atoms in total. The van der Waals surface area contributed by atoms with Crippen LogP contribution in [0.1, 0.15) is 28.4 Å². The Hall–Kier alpha value is -2.86. The maximum atomic E-state index is 12.5. The number of hydrogen-bond donors (Lipinski definition) is 3. The second kappa shape index (κ2) is 7.14.